The van der Waals surface area contributed by atoms with Crippen molar-refractivity contribution in [1.29, 1.82) is 0 Å². The van der Waals surface area contributed by atoms with Crippen molar-refractivity contribution in [3.8, 4) is 0 Å². The van der Waals surface area contributed by atoms with Crippen molar-refractivity contribution in [3.05, 3.63) is 29.8 Å². The number of anilines is 1. The van der Waals surface area contributed by atoms with Gasteiger partial charge in [0.05, 0.1) is 6.04 Å². The lowest BCUT2D eigenvalue weighted by atomic mass is 10.0. The van der Waals surface area contributed by atoms with E-state index in [2.05, 4.69) is 21.3 Å². The van der Waals surface area contributed by atoms with Crippen LogP contribution in [0, 0.1) is 5.92 Å². The van der Waals surface area contributed by atoms with Gasteiger partial charge in [0, 0.05) is 12.2 Å². The van der Waals surface area contributed by atoms with Crippen LogP contribution in [0.2, 0.25) is 0 Å². The highest BCUT2D eigenvalue weighted by atomic mass is 16.5. The summed E-state index contributed by atoms with van der Waals surface area (Å²) in [4.78, 5) is 46.9. The summed E-state index contributed by atoms with van der Waals surface area (Å²) in [6.45, 7) is 4.10. The zero-order valence-corrected chi connectivity index (χ0v) is 18.1. The van der Waals surface area contributed by atoms with Crippen LogP contribution in [0.4, 0.5) is 15.3 Å². The minimum atomic E-state index is -0.872. The molecule has 0 bridgehead atoms. The maximum atomic E-state index is 12.8. The second kappa shape index (κ2) is 13.1. The van der Waals surface area contributed by atoms with Crippen molar-refractivity contribution < 1.29 is 23.9 Å². The Balaban J connectivity index is 2.80. The van der Waals surface area contributed by atoms with E-state index in [1.54, 1.807) is 31.3 Å². The number of amides is 5. The van der Waals surface area contributed by atoms with E-state index >= 15 is 0 Å². The van der Waals surface area contributed by atoms with Crippen molar-refractivity contribution >= 4 is 29.6 Å². The smallest absolute Gasteiger partial charge is 0.404 e. The summed E-state index contributed by atoms with van der Waals surface area (Å²) in [6, 6.07) is 4.74. The highest BCUT2D eigenvalue weighted by molar-refractivity contribution is 5.97. The Morgan fingerprint density at radius 1 is 1.03 bits per heavy atom. The molecule has 1 aromatic carbocycles. The number of ether oxygens (including phenoxy) is 1. The van der Waals surface area contributed by atoms with Gasteiger partial charge in [-0.05, 0) is 43.5 Å². The first kappa shape index (κ1) is 25.7. The molecule has 0 spiro atoms. The maximum Gasteiger partial charge on any atom is 0.404 e. The summed E-state index contributed by atoms with van der Waals surface area (Å²) in [6.07, 6.45) is -0.129. The quantitative estimate of drug-likeness (QED) is 0.258. The van der Waals surface area contributed by atoms with Crippen LogP contribution in [-0.4, -0.2) is 49.6 Å². The molecule has 0 fully saturated rings. The molecule has 0 radical (unpaired) electrons. The lowest BCUT2D eigenvalue weighted by molar-refractivity contribution is -0.128. The molecule has 11 heteroatoms. The van der Waals surface area contributed by atoms with Crippen molar-refractivity contribution in [1.82, 2.24) is 16.0 Å². The summed E-state index contributed by atoms with van der Waals surface area (Å²) in [5, 5.41) is 10.9. The second-order valence-corrected chi connectivity index (χ2v) is 7.30. The van der Waals surface area contributed by atoms with E-state index in [1.807, 2.05) is 13.8 Å². The van der Waals surface area contributed by atoms with Gasteiger partial charge in [0.25, 0.3) is 0 Å². The summed E-state index contributed by atoms with van der Waals surface area (Å²) in [5.74, 6) is -0.660. The van der Waals surface area contributed by atoms with Gasteiger partial charge >= 0.3 is 12.1 Å². The Labute approximate surface area is 181 Å². The van der Waals surface area contributed by atoms with Gasteiger partial charge in [0.15, 0.2) is 0 Å². The Hall–Kier alpha value is -3.34. The number of carbonyl (C=O) groups is 4. The van der Waals surface area contributed by atoms with E-state index in [-0.39, 0.29) is 25.0 Å². The van der Waals surface area contributed by atoms with Gasteiger partial charge in [-0.15, -0.1) is 0 Å². The number of carbonyl (C=O) groups excluding carboxylic acids is 4. The number of rotatable bonds is 12. The molecule has 0 aliphatic rings. The number of urea groups is 1. The predicted molar refractivity (Wildman–Crippen MR) is 116 cm³/mol. The van der Waals surface area contributed by atoms with Crippen molar-refractivity contribution in [2.24, 2.45) is 17.4 Å². The molecule has 11 nitrogen and oxygen atoms in total. The molecule has 2 atom stereocenters. The molecule has 0 heterocycles. The number of benzene rings is 1. The van der Waals surface area contributed by atoms with Crippen molar-refractivity contribution in [2.45, 2.75) is 45.4 Å². The Morgan fingerprint density at radius 3 is 2.19 bits per heavy atom. The molecular weight excluding hydrogens is 404 g/mol. The fraction of sp³-hybridized carbons (Fsp3) is 0.500. The van der Waals surface area contributed by atoms with E-state index in [9.17, 15) is 19.2 Å². The third-order valence-electron chi connectivity index (χ3n) is 4.46. The van der Waals surface area contributed by atoms with E-state index in [1.165, 1.54) is 0 Å². The van der Waals surface area contributed by atoms with Crippen LogP contribution in [0.3, 0.4) is 0 Å². The summed E-state index contributed by atoms with van der Waals surface area (Å²) >= 11 is 0. The lowest BCUT2D eigenvalue weighted by Gasteiger charge is -2.24. The number of nitrogens with two attached hydrogens (primary N) is 2. The maximum absolute atomic E-state index is 12.8. The number of hydrogen-bond acceptors (Lipinski definition) is 6. The van der Waals surface area contributed by atoms with Crippen molar-refractivity contribution in [3.63, 3.8) is 0 Å². The van der Waals surface area contributed by atoms with Gasteiger partial charge in [-0.3, -0.25) is 9.59 Å². The molecule has 31 heavy (non-hydrogen) atoms. The average molecular weight is 437 g/mol. The third kappa shape index (κ3) is 9.81. The van der Waals surface area contributed by atoms with Crippen LogP contribution < -0.4 is 32.7 Å². The number of primary amides is 2. The number of likely N-dealkylation sites (N-methyl/N-ethyl adjacent to an activating group) is 1. The van der Waals surface area contributed by atoms with Crippen LogP contribution in [0.5, 0.6) is 0 Å². The fourth-order valence-electron chi connectivity index (χ4n) is 2.88. The first-order chi connectivity index (χ1) is 14.6. The SMILES string of the molecule is CN[C@H](C(=O)N[C@@H](CCCNC(N)=O)C(=O)Nc1ccc(COC(N)=O)cc1)C(C)C. The monoisotopic (exact) mass is 436 g/mol. The topological polar surface area (TPSA) is 178 Å². The van der Waals surface area contributed by atoms with Crippen LogP contribution in [0.25, 0.3) is 0 Å². The Morgan fingerprint density at radius 2 is 1.68 bits per heavy atom. The van der Waals surface area contributed by atoms with Gasteiger partial charge in [0.1, 0.15) is 12.6 Å². The molecule has 0 aliphatic carbocycles. The molecule has 5 amide bonds. The second-order valence-electron chi connectivity index (χ2n) is 7.30. The highest BCUT2D eigenvalue weighted by Crippen LogP contribution is 2.12. The van der Waals surface area contributed by atoms with E-state index in [0.717, 1.165) is 0 Å². The zero-order chi connectivity index (χ0) is 23.4. The van der Waals surface area contributed by atoms with Gasteiger partial charge in [0.2, 0.25) is 11.8 Å². The van der Waals surface area contributed by atoms with Gasteiger partial charge in [-0.1, -0.05) is 26.0 Å². The standard InChI is InChI=1S/C20H32N6O5/c1-12(2)16(23-3)18(28)26-15(5-4-10-24-19(21)29)17(27)25-14-8-6-13(7-9-14)11-31-20(22)30/h6-9,12,15-16,23H,4-5,10-11H2,1-3H3,(H2,22,30)(H,25,27)(H,26,28)(H3,21,24,29)/t15-,16-/m0/s1. The number of hydrogen-bond donors (Lipinski definition) is 6. The molecule has 172 valence electrons. The van der Waals surface area contributed by atoms with E-state index in [4.69, 9.17) is 16.2 Å². The minimum Gasteiger partial charge on any atom is -0.445 e. The molecule has 1 rings (SSSR count). The van der Waals surface area contributed by atoms with Crippen LogP contribution in [0.1, 0.15) is 32.3 Å². The van der Waals surface area contributed by atoms with Crippen LogP contribution in [0.15, 0.2) is 24.3 Å². The van der Waals surface area contributed by atoms with Gasteiger partial charge in [-0.2, -0.15) is 0 Å². The molecule has 0 aromatic heterocycles. The van der Waals surface area contributed by atoms with E-state index in [0.29, 0.717) is 24.1 Å². The van der Waals surface area contributed by atoms with Gasteiger partial charge < -0.3 is 37.5 Å². The third-order valence-corrected chi connectivity index (χ3v) is 4.46. The van der Waals surface area contributed by atoms with E-state index < -0.39 is 30.1 Å². The normalized spacial score (nSPS) is 12.5. The van der Waals surface area contributed by atoms with Crippen LogP contribution in [-0.2, 0) is 20.9 Å². The molecule has 0 aliphatic heterocycles. The molecule has 0 saturated carbocycles. The molecular formula is C20H32N6O5. The summed E-state index contributed by atoms with van der Waals surface area (Å²) in [5.41, 5.74) is 11.2. The highest BCUT2D eigenvalue weighted by Gasteiger charge is 2.26. The fourth-order valence-corrected chi connectivity index (χ4v) is 2.88. The Kier molecular flexibility index (Phi) is 10.8. The first-order valence-corrected chi connectivity index (χ1v) is 9.97. The van der Waals surface area contributed by atoms with Crippen LogP contribution >= 0.6 is 0 Å². The molecule has 1 aromatic rings. The predicted octanol–water partition coefficient (Wildman–Crippen LogP) is 0.398. The molecule has 0 unspecified atom stereocenters. The largest absolute Gasteiger partial charge is 0.445 e. The van der Waals surface area contributed by atoms with Gasteiger partial charge in [-0.25, -0.2) is 9.59 Å². The summed E-state index contributed by atoms with van der Waals surface area (Å²) < 4.78 is 4.71. The Bertz CT molecular complexity index is 753. The van der Waals surface area contributed by atoms with Crippen molar-refractivity contribution in [2.75, 3.05) is 18.9 Å². The minimum absolute atomic E-state index is 0.0235. The molecule has 0 saturated heterocycles. The first-order valence-electron chi connectivity index (χ1n) is 9.97. The average Bonchev–Trinajstić information content (AvgIpc) is 2.69. The molecule has 8 N–H and O–H groups in total. The zero-order valence-electron chi connectivity index (χ0n) is 18.1. The summed E-state index contributed by atoms with van der Waals surface area (Å²) in [7, 11) is 1.68. The number of nitrogens with one attached hydrogen (secondary N) is 4. The lowest BCUT2D eigenvalue weighted by Crippen LogP contribution is -2.52.